The fourth-order valence-electron chi connectivity index (χ4n) is 2.15. The molecule has 2 N–H and O–H groups in total. The summed E-state index contributed by atoms with van der Waals surface area (Å²) in [5, 5.41) is 0. The first-order valence-corrected chi connectivity index (χ1v) is 6.04. The first-order valence-electron chi connectivity index (χ1n) is 6.04. The molecule has 0 aromatic rings. The second kappa shape index (κ2) is 6.78. The molecule has 0 heterocycles. The maximum atomic E-state index is 13.6. The molecule has 0 aliphatic heterocycles. The van der Waals surface area contributed by atoms with Gasteiger partial charge in [0.2, 0.25) is 0 Å². The molecule has 0 amide bonds. The van der Waals surface area contributed by atoms with Gasteiger partial charge in [-0.05, 0) is 56.2 Å². The van der Waals surface area contributed by atoms with Gasteiger partial charge in [-0.15, -0.1) is 0 Å². The van der Waals surface area contributed by atoms with Crippen LogP contribution in [0, 0.1) is 5.92 Å². The summed E-state index contributed by atoms with van der Waals surface area (Å²) in [6.45, 7) is 2.88. The van der Waals surface area contributed by atoms with Crippen LogP contribution >= 0.6 is 0 Å². The summed E-state index contributed by atoms with van der Waals surface area (Å²) in [4.78, 5) is 0. The average Bonchev–Trinajstić information content (AvgIpc) is 2.26. The number of hydrogen-bond donors (Lipinski definition) is 1. The Morgan fingerprint density at radius 3 is 2.87 bits per heavy atom. The molecule has 86 valence electrons. The van der Waals surface area contributed by atoms with E-state index in [1.165, 1.54) is 0 Å². The molecule has 0 radical (unpaired) electrons. The molecule has 1 rings (SSSR count). The van der Waals surface area contributed by atoms with Crippen molar-refractivity contribution in [2.45, 2.75) is 45.4 Å². The topological polar surface area (TPSA) is 26.0 Å². The second-order valence-electron chi connectivity index (χ2n) is 4.22. The van der Waals surface area contributed by atoms with Crippen LogP contribution in [0.3, 0.4) is 0 Å². The van der Waals surface area contributed by atoms with E-state index < -0.39 is 0 Å². The highest BCUT2D eigenvalue weighted by Gasteiger charge is 2.17. The lowest BCUT2D eigenvalue weighted by Gasteiger charge is -2.21. The minimum absolute atomic E-state index is 0.0147. The maximum absolute atomic E-state index is 13.6. The van der Waals surface area contributed by atoms with E-state index in [-0.39, 0.29) is 5.83 Å². The van der Waals surface area contributed by atoms with Gasteiger partial charge in [0.1, 0.15) is 5.83 Å². The monoisotopic (exact) mass is 211 g/mol. The van der Waals surface area contributed by atoms with E-state index in [1.807, 2.05) is 6.08 Å². The molecule has 0 bridgehead atoms. The minimum atomic E-state index is 0.0147. The van der Waals surface area contributed by atoms with Gasteiger partial charge in [0, 0.05) is 0 Å². The summed E-state index contributed by atoms with van der Waals surface area (Å²) in [7, 11) is 0. The zero-order chi connectivity index (χ0) is 11.1. The van der Waals surface area contributed by atoms with Gasteiger partial charge >= 0.3 is 0 Å². The fraction of sp³-hybridized carbons (Fsp3) is 0.692. The van der Waals surface area contributed by atoms with Crippen molar-refractivity contribution in [2.75, 3.05) is 6.54 Å². The Labute approximate surface area is 92.2 Å². The molecule has 0 spiro atoms. The van der Waals surface area contributed by atoms with E-state index in [0.717, 1.165) is 50.6 Å². The first kappa shape index (κ1) is 12.4. The van der Waals surface area contributed by atoms with Crippen LogP contribution in [0.25, 0.3) is 0 Å². The SMILES string of the molecule is CCC1CC=CC(F)=C1CCCCCN. The summed E-state index contributed by atoms with van der Waals surface area (Å²) >= 11 is 0. The summed E-state index contributed by atoms with van der Waals surface area (Å²) in [5.41, 5.74) is 6.47. The van der Waals surface area contributed by atoms with Crippen molar-refractivity contribution < 1.29 is 4.39 Å². The van der Waals surface area contributed by atoms with Crippen LogP contribution in [0.2, 0.25) is 0 Å². The molecule has 15 heavy (non-hydrogen) atoms. The Balaban J connectivity index is 2.44. The lowest BCUT2D eigenvalue weighted by molar-refractivity contribution is 0.507. The number of nitrogens with two attached hydrogens (primary N) is 1. The molecular weight excluding hydrogens is 189 g/mol. The van der Waals surface area contributed by atoms with Gasteiger partial charge in [-0.25, -0.2) is 4.39 Å². The van der Waals surface area contributed by atoms with Gasteiger partial charge in [-0.2, -0.15) is 0 Å². The molecule has 0 aromatic heterocycles. The average molecular weight is 211 g/mol. The smallest absolute Gasteiger partial charge is 0.122 e. The van der Waals surface area contributed by atoms with Crippen molar-refractivity contribution in [3.8, 4) is 0 Å². The Morgan fingerprint density at radius 1 is 1.40 bits per heavy atom. The maximum Gasteiger partial charge on any atom is 0.122 e. The Kier molecular flexibility index (Phi) is 5.62. The number of halogens is 1. The Morgan fingerprint density at radius 2 is 2.20 bits per heavy atom. The Bertz CT molecular complexity index is 243. The summed E-state index contributed by atoms with van der Waals surface area (Å²) < 4.78 is 13.6. The number of rotatable bonds is 6. The van der Waals surface area contributed by atoms with Gasteiger partial charge in [0.15, 0.2) is 0 Å². The second-order valence-corrected chi connectivity index (χ2v) is 4.22. The summed E-state index contributed by atoms with van der Waals surface area (Å²) in [6, 6.07) is 0. The van der Waals surface area contributed by atoms with E-state index in [4.69, 9.17) is 5.73 Å². The van der Waals surface area contributed by atoms with E-state index in [1.54, 1.807) is 6.08 Å². The van der Waals surface area contributed by atoms with E-state index in [0.29, 0.717) is 5.92 Å². The van der Waals surface area contributed by atoms with E-state index in [9.17, 15) is 4.39 Å². The third-order valence-corrected chi connectivity index (χ3v) is 3.13. The molecule has 1 atom stereocenters. The molecule has 0 fully saturated rings. The van der Waals surface area contributed by atoms with Crippen molar-refractivity contribution in [3.05, 3.63) is 23.6 Å². The highest BCUT2D eigenvalue weighted by Crippen LogP contribution is 2.32. The lowest BCUT2D eigenvalue weighted by atomic mass is 9.85. The van der Waals surface area contributed by atoms with E-state index in [2.05, 4.69) is 6.92 Å². The lowest BCUT2D eigenvalue weighted by Crippen LogP contribution is -2.07. The highest BCUT2D eigenvalue weighted by molar-refractivity contribution is 5.26. The largest absolute Gasteiger partial charge is 0.330 e. The van der Waals surface area contributed by atoms with Crippen LogP contribution in [0.1, 0.15) is 45.4 Å². The van der Waals surface area contributed by atoms with Gasteiger partial charge < -0.3 is 5.73 Å². The molecule has 0 aromatic carbocycles. The zero-order valence-corrected chi connectivity index (χ0v) is 9.64. The molecule has 1 nitrogen and oxygen atoms in total. The van der Waals surface area contributed by atoms with Crippen molar-refractivity contribution in [2.24, 2.45) is 11.7 Å². The number of unbranched alkanes of at least 4 members (excludes halogenated alkanes) is 2. The van der Waals surface area contributed by atoms with Gasteiger partial charge in [-0.1, -0.05) is 19.4 Å². The van der Waals surface area contributed by atoms with Crippen molar-refractivity contribution in [1.82, 2.24) is 0 Å². The third-order valence-electron chi connectivity index (χ3n) is 3.13. The fourth-order valence-corrected chi connectivity index (χ4v) is 2.15. The van der Waals surface area contributed by atoms with Crippen LogP contribution in [0.15, 0.2) is 23.6 Å². The predicted octanol–water partition coefficient (Wildman–Crippen LogP) is 3.72. The van der Waals surface area contributed by atoms with Crippen LogP contribution in [0.5, 0.6) is 0 Å². The summed E-state index contributed by atoms with van der Waals surface area (Å²) in [5.74, 6) is 0.453. The van der Waals surface area contributed by atoms with Crippen molar-refractivity contribution >= 4 is 0 Å². The minimum Gasteiger partial charge on any atom is -0.330 e. The van der Waals surface area contributed by atoms with Crippen LogP contribution in [-0.4, -0.2) is 6.54 Å². The van der Waals surface area contributed by atoms with Crippen LogP contribution < -0.4 is 5.73 Å². The van der Waals surface area contributed by atoms with Gasteiger partial charge in [-0.3, -0.25) is 0 Å². The molecule has 1 aliphatic carbocycles. The standard InChI is InChI=1S/C13H22FN/c1-2-11-7-6-9-13(14)12(11)8-4-3-5-10-15/h6,9,11H,2-5,7-8,10,15H2,1H3. The highest BCUT2D eigenvalue weighted by atomic mass is 19.1. The number of hydrogen-bond acceptors (Lipinski definition) is 1. The summed E-state index contributed by atoms with van der Waals surface area (Å²) in [6.07, 6.45) is 9.80. The predicted molar refractivity (Wildman–Crippen MR) is 63.2 cm³/mol. The molecule has 0 saturated carbocycles. The van der Waals surface area contributed by atoms with Gasteiger partial charge in [0.05, 0.1) is 0 Å². The molecular formula is C13H22FN. The van der Waals surface area contributed by atoms with E-state index >= 15 is 0 Å². The van der Waals surface area contributed by atoms with Crippen molar-refractivity contribution in [1.29, 1.82) is 0 Å². The van der Waals surface area contributed by atoms with Crippen LogP contribution in [-0.2, 0) is 0 Å². The molecule has 1 aliphatic rings. The normalized spacial score (nSPS) is 21.1. The molecule has 1 unspecified atom stereocenters. The Hall–Kier alpha value is -0.630. The van der Waals surface area contributed by atoms with Crippen molar-refractivity contribution in [3.63, 3.8) is 0 Å². The van der Waals surface area contributed by atoms with Crippen LogP contribution in [0.4, 0.5) is 4.39 Å². The third kappa shape index (κ3) is 3.78. The van der Waals surface area contributed by atoms with Gasteiger partial charge in [0.25, 0.3) is 0 Å². The molecule has 2 heteroatoms. The molecule has 0 saturated heterocycles. The number of allylic oxidation sites excluding steroid dienone is 4. The first-order chi connectivity index (χ1) is 7.29. The quantitative estimate of drug-likeness (QED) is 0.666. The zero-order valence-electron chi connectivity index (χ0n) is 9.64.